The predicted molar refractivity (Wildman–Crippen MR) is 117 cm³/mol. The second-order valence-corrected chi connectivity index (χ2v) is 8.47. The number of rotatable bonds is 6. The fraction of sp³-hybridized carbons (Fsp3) is 0.167. The Morgan fingerprint density at radius 3 is 1.54 bits per heavy atom. The van der Waals surface area contributed by atoms with Crippen LogP contribution in [-0.2, 0) is 13.6 Å². The molecule has 0 aliphatic carbocycles. The molecule has 0 bridgehead atoms. The highest BCUT2D eigenvalue weighted by Gasteiger charge is 2.32. The molecule has 0 aliphatic heterocycles. The summed E-state index contributed by atoms with van der Waals surface area (Å²) < 4.78 is 25.3. The van der Waals surface area contributed by atoms with Crippen LogP contribution in [0.25, 0.3) is 32.7 Å². The number of hydrogen-bond donors (Lipinski definition) is 0. The van der Waals surface area contributed by atoms with Gasteiger partial charge in [0.2, 0.25) is 0 Å². The number of hydrogen-bond acceptors (Lipinski definition) is 3. The van der Waals surface area contributed by atoms with Gasteiger partial charge in [0.05, 0.1) is 18.5 Å². The molecule has 4 heteroatoms. The molecule has 0 atom stereocenters. The van der Waals surface area contributed by atoms with E-state index in [0.717, 1.165) is 32.7 Å². The fourth-order valence-corrected chi connectivity index (χ4v) is 5.82. The van der Waals surface area contributed by atoms with Gasteiger partial charge in [-0.2, -0.15) is 0 Å². The first kappa shape index (κ1) is 18.9. The van der Waals surface area contributed by atoms with Crippen LogP contribution in [0.2, 0.25) is 0 Å². The van der Waals surface area contributed by atoms with E-state index < -0.39 is 7.60 Å². The zero-order valence-electron chi connectivity index (χ0n) is 16.1. The molecule has 0 saturated heterocycles. The molecule has 0 aliphatic rings. The Balaban J connectivity index is 2.20. The van der Waals surface area contributed by atoms with Crippen molar-refractivity contribution in [1.29, 1.82) is 0 Å². The van der Waals surface area contributed by atoms with E-state index in [1.54, 1.807) is 0 Å². The summed E-state index contributed by atoms with van der Waals surface area (Å²) in [6, 6.07) is 26.5. The predicted octanol–water partition coefficient (Wildman–Crippen LogP) is 6.55. The van der Waals surface area contributed by atoms with Crippen LogP contribution in [0.5, 0.6) is 0 Å². The van der Waals surface area contributed by atoms with Crippen molar-refractivity contribution in [2.75, 3.05) is 13.2 Å². The molecule has 0 saturated carbocycles. The molecule has 0 spiro atoms. The molecule has 0 fully saturated rings. The van der Waals surface area contributed by atoms with Gasteiger partial charge in [-0.05, 0) is 46.5 Å². The van der Waals surface area contributed by atoms with Gasteiger partial charge in [-0.25, -0.2) is 0 Å². The molecule has 0 heterocycles. The maximum atomic E-state index is 13.8. The Bertz CT molecular complexity index is 1100. The Labute approximate surface area is 165 Å². The molecule has 0 radical (unpaired) electrons. The van der Waals surface area contributed by atoms with Gasteiger partial charge in [0.25, 0.3) is 0 Å². The molecule has 142 valence electrons. The van der Waals surface area contributed by atoms with E-state index in [9.17, 15) is 4.57 Å². The highest BCUT2D eigenvalue weighted by molar-refractivity contribution is 7.63. The number of benzene rings is 4. The van der Waals surface area contributed by atoms with Gasteiger partial charge in [-0.3, -0.25) is 4.57 Å². The van der Waals surface area contributed by atoms with Gasteiger partial charge in [0.1, 0.15) is 0 Å². The van der Waals surface area contributed by atoms with Crippen LogP contribution >= 0.6 is 7.60 Å². The molecule has 0 unspecified atom stereocenters. The second-order valence-electron chi connectivity index (χ2n) is 6.51. The van der Waals surface area contributed by atoms with Crippen LogP contribution in [0.1, 0.15) is 13.8 Å². The van der Waals surface area contributed by atoms with Crippen molar-refractivity contribution >= 4 is 34.4 Å². The maximum Gasteiger partial charge on any atom is 0.362 e. The summed E-state index contributed by atoms with van der Waals surface area (Å²) in [4.78, 5) is 0. The Hall–Kier alpha value is -2.45. The average molecular weight is 390 g/mol. The zero-order valence-corrected chi connectivity index (χ0v) is 17.0. The summed E-state index contributed by atoms with van der Waals surface area (Å²) in [6.07, 6.45) is 0. The van der Waals surface area contributed by atoms with E-state index in [1.807, 2.05) is 68.4 Å². The fourth-order valence-electron chi connectivity index (χ4n) is 3.82. The van der Waals surface area contributed by atoms with Gasteiger partial charge >= 0.3 is 7.60 Å². The first-order valence-corrected chi connectivity index (χ1v) is 11.1. The summed E-state index contributed by atoms with van der Waals surface area (Å²) >= 11 is 0. The lowest BCUT2D eigenvalue weighted by Gasteiger charge is -2.23. The second kappa shape index (κ2) is 7.89. The van der Waals surface area contributed by atoms with Gasteiger partial charge in [-0.15, -0.1) is 0 Å². The van der Waals surface area contributed by atoms with Crippen LogP contribution in [0.4, 0.5) is 0 Å². The standard InChI is InChI=1S/C24H23O3P/c1-3-26-28(25,27-4-2)24-21-16-10-8-14-19(21)23(18-12-6-5-7-13-18)20-15-9-11-17-22(20)24/h5-17H,3-4H2,1-2H3. The Morgan fingerprint density at radius 1 is 0.643 bits per heavy atom. The van der Waals surface area contributed by atoms with Gasteiger partial charge < -0.3 is 9.05 Å². The summed E-state index contributed by atoms with van der Waals surface area (Å²) in [6.45, 7) is 4.32. The monoisotopic (exact) mass is 390 g/mol. The molecule has 4 aromatic rings. The molecule has 4 rings (SSSR count). The Morgan fingerprint density at radius 2 is 1.07 bits per heavy atom. The van der Waals surface area contributed by atoms with E-state index in [0.29, 0.717) is 18.5 Å². The van der Waals surface area contributed by atoms with E-state index in [-0.39, 0.29) is 0 Å². The smallest absolute Gasteiger partial charge is 0.305 e. The molecule has 0 amide bonds. The van der Waals surface area contributed by atoms with E-state index in [2.05, 4.69) is 24.3 Å². The summed E-state index contributed by atoms with van der Waals surface area (Å²) in [5.74, 6) is 0. The lowest BCUT2D eigenvalue weighted by molar-refractivity contribution is 0.230. The van der Waals surface area contributed by atoms with Gasteiger partial charge in [0, 0.05) is 0 Å². The third-order valence-corrected chi connectivity index (χ3v) is 7.06. The topological polar surface area (TPSA) is 35.5 Å². The molecule has 0 aromatic heterocycles. The summed E-state index contributed by atoms with van der Waals surface area (Å²) in [5, 5.41) is 4.56. The first-order valence-electron chi connectivity index (χ1n) is 9.58. The highest BCUT2D eigenvalue weighted by Crippen LogP contribution is 2.52. The summed E-state index contributed by atoms with van der Waals surface area (Å²) in [7, 11) is -3.47. The molecule has 3 nitrogen and oxygen atoms in total. The molecule has 4 aromatic carbocycles. The third kappa shape index (κ3) is 3.16. The van der Waals surface area contributed by atoms with Crippen molar-refractivity contribution in [3.63, 3.8) is 0 Å². The largest absolute Gasteiger partial charge is 0.362 e. The quantitative estimate of drug-likeness (QED) is 0.277. The zero-order chi connectivity index (χ0) is 19.6. The molecular formula is C24H23O3P. The van der Waals surface area contributed by atoms with Crippen molar-refractivity contribution in [3.05, 3.63) is 78.9 Å². The third-order valence-electron chi connectivity index (χ3n) is 4.84. The minimum Gasteiger partial charge on any atom is -0.305 e. The SMILES string of the molecule is CCOP(=O)(OCC)c1c2ccccc2c(-c2ccccc2)c2ccccc12. The minimum absolute atomic E-state index is 0.320. The molecular weight excluding hydrogens is 367 g/mol. The van der Waals surface area contributed by atoms with Crippen LogP contribution in [0, 0.1) is 0 Å². The van der Waals surface area contributed by atoms with Crippen molar-refractivity contribution in [2.45, 2.75) is 13.8 Å². The van der Waals surface area contributed by atoms with Crippen molar-refractivity contribution < 1.29 is 13.6 Å². The average Bonchev–Trinajstić information content (AvgIpc) is 2.72. The minimum atomic E-state index is -3.47. The normalized spacial score (nSPS) is 11.9. The van der Waals surface area contributed by atoms with Crippen molar-refractivity contribution in [1.82, 2.24) is 0 Å². The van der Waals surface area contributed by atoms with Gasteiger partial charge in [-0.1, -0.05) is 78.9 Å². The van der Waals surface area contributed by atoms with Crippen LogP contribution in [0.3, 0.4) is 0 Å². The lowest BCUT2D eigenvalue weighted by Crippen LogP contribution is -2.14. The van der Waals surface area contributed by atoms with Crippen LogP contribution < -0.4 is 5.30 Å². The lowest BCUT2D eigenvalue weighted by atomic mass is 9.92. The van der Waals surface area contributed by atoms with Crippen molar-refractivity contribution in [3.8, 4) is 11.1 Å². The van der Waals surface area contributed by atoms with E-state index in [4.69, 9.17) is 9.05 Å². The molecule has 28 heavy (non-hydrogen) atoms. The van der Waals surface area contributed by atoms with Gasteiger partial charge in [0.15, 0.2) is 0 Å². The van der Waals surface area contributed by atoms with E-state index >= 15 is 0 Å². The summed E-state index contributed by atoms with van der Waals surface area (Å²) in [5.41, 5.74) is 2.26. The van der Waals surface area contributed by atoms with Crippen molar-refractivity contribution in [2.24, 2.45) is 0 Å². The van der Waals surface area contributed by atoms with Crippen LogP contribution in [0.15, 0.2) is 78.9 Å². The maximum absolute atomic E-state index is 13.8. The molecule has 0 N–H and O–H groups in total. The number of fused-ring (bicyclic) bond motifs is 2. The first-order chi connectivity index (χ1) is 13.7. The Kier molecular flexibility index (Phi) is 5.32. The van der Waals surface area contributed by atoms with E-state index in [1.165, 1.54) is 0 Å². The van der Waals surface area contributed by atoms with Crippen LogP contribution in [-0.4, -0.2) is 13.2 Å². The highest BCUT2D eigenvalue weighted by atomic mass is 31.2.